The molecule has 4 heteroatoms. The van der Waals surface area contributed by atoms with Gasteiger partial charge in [0.05, 0.1) is 5.75 Å². The average Bonchev–Trinajstić information content (AvgIpc) is 2.28. The van der Waals surface area contributed by atoms with Crippen LogP contribution in [0.25, 0.3) is 0 Å². The lowest BCUT2D eigenvalue weighted by Gasteiger charge is -2.14. The lowest BCUT2D eigenvalue weighted by molar-refractivity contribution is 0.568. The molecule has 1 rings (SSSR count). The molecule has 0 saturated heterocycles. The highest BCUT2D eigenvalue weighted by atomic mass is 32.2. The molecule has 1 aromatic carbocycles. The molecule has 0 aliphatic carbocycles. The molecule has 0 radical (unpaired) electrons. The van der Waals surface area contributed by atoms with Crippen molar-refractivity contribution in [2.24, 2.45) is 0 Å². The van der Waals surface area contributed by atoms with Gasteiger partial charge >= 0.3 is 0 Å². The first-order valence-electron chi connectivity index (χ1n) is 5.57. The van der Waals surface area contributed by atoms with Gasteiger partial charge in [-0.05, 0) is 31.4 Å². The van der Waals surface area contributed by atoms with E-state index in [1.807, 2.05) is 31.2 Å². The highest BCUT2D eigenvalue weighted by Gasteiger charge is 2.13. The Morgan fingerprint density at radius 2 is 1.75 bits per heavy atom. The summed E-state index contributed by atoms with van der Waals surface area (Å²) < 4.78 is 25.4. The largest absolute Gasteiger partial charge is 0.212 e. The minimum absolute atomic E-state index is 0.115. The first-order valence-corrected chi connectivity index (χ1v) is 7.22. The van der Waals surface area contributed by atoms with Crippen molar-refractivity contribution in [2.75, 3.05) is 5.75 Å². The van der Waals surface area contributed by atoms with Crippen LogP contribution < -0.4 is 4.72 Å². The van der Waals surface area contributed by atoms with E-state index in [9.17, 15) is 8.42 Å². The lowest BCUT2D eigenvalue weighted by Crippen LogP contribution is -2.28. The maximum Gasteiger partial charge on any atom is 0.211 e. The molecule has 3 nitrogen and oxygen atoms in total. The van der Waals surface area contributed by atoms with Crippen LogP contribution in [0.2, 0.25) is 0 Å². The predicted molar refractivity (Wildman–Crippen MR) is 66.8 cm³/mol. The van der Waals surface area contributed by atoms with E-state index in [0.717, 1.165) is 12.0 Å². The van der Waals surface area contributed by atoms with Crippen molar-refractivity contribution in [1.29, 1.82) is 0 Å². The lowest BCUT2D eigenvalue weighted by atomic mass is 10.1. The second-order valence-corrected chi connectivity index (χ2v) is 5.88. The Morgan fingerprint density at radius 3 is 2.19 bits per heavy atom. The fourth-order valence-corrected chi connectivity index (χ4v) is 2.30. The Hall–Kier alpha value is -0.870. The van der Waals surface area contributed by atoms with E-state index in [0.29, 0.717) is 0 Å². The molecule has 90 valence electrons. The number of hydrogen-bond acceptors (Lipinski definition) is 2. The molecule has 0 aliphatic rings. The fourth-order valence-electron chi connectivity index (χ4n) is 1.46. The van der Waals surface area contributed by atoms with Crippen LogP contribution in [0.4, 0.5) is 0 Å². The van der Waals surface area contributed by atoms with Gasteiger partial charge in [0, 0.05) is 6.04 Å². The van der Waals surface area contributed by atoms with Crippen LogP contribution in [0.15, 0.2) is 24.3 Å². The van der Waals surface area contributed by atoms with E-state index in [1.54, 1.807) is 6.92 Å². The number of hydrogen-bond donors (Lipinski definition) is 1. The number of benzene rings is 1. The second-order valence-electron chi connectivity index (χ2n) is 3.84. The summed E-state index contributed by atoms with van der Waals surface area (Å²) in [5.74, 6) is 0.115. The molecular formula is C12H19NO2S. The summed E-state index contributed by atoms with van der Waals surface area (Å²) in [6.45, 7) is 5.58. The van der Waals surface area contributed by atoms with Crippen molar-refractivity contribution >= 4 is 10.0 Å². The molecule has 0 aromatic heterocycles. The van der Waals surface area contributed by atoms with Crippen LogP contribution in [0, 0.1) is 0 Å². The molecule has 1 N–H and O–H groups in total. The Morgan fingerprint density at radius 1 is 1.19 bits per heavy atom. The zero-order chi connectivity index (χ0) is 12.2. The molecule has 16 heavy (non-hydrogen) atoms. The molecule has 1 aromatic rings. The third-order valence-corrected chi connectivity index (χ3v) is 4.10. The van der Waals surface area contributed by atoms with E-state index >= 15 is 0 Å². The monoisotopic (exact) mass is 241 g/mol. The minimum Gasteiger partial charge on any atom is -0.212 e. The number of aryl methyl sites for hydroxylation is 1. The molecule has 0 aliphatic heterocycles. The van der Waals surface area contributed by atoms with Crippen molar-refractivity contribution in [1.82, 2.24) is 4.72 Å². The van der Waals surface area contributed by atoms with Crippen molar-refractivity contribution in [3.63, 3.8) is 0 Å². The summed E-state index contributed by atoms with van der Waals surface area (Å²) in [5.41, 5.74) is 2.25. The van der Waals surface area contributed by atoms with Crippen molar-refractivity contribution in [3.05, 3.63) is 35.4 Å². The summed E-state index contributed by atoms with van der Waals surface area (Å²) in [4.78, 5) is 0. The van der Waals surface area contributed by atoms with Crippen LogP contribution in [0.5, 0.6) is 0 Å². The van der Waals surface area contributed by atoms with Crippen LogP contribution in [0.1, 0.15) is 37.9 Å². The van der Waals surface area contributed by atoms with Crippen LogP contribution in [-0.4, -0.2) is 14.2 Å². The maximum atomic E-state index is 11.4. The van der Waals surface area contributed by atoms with Crippen LogP contribution in [0.3, 0.4) is 0 Å². The van der Waals surface area contributed by atoms with E-state index in [4.69, 9.17) is 0 Å². The van der Waals surface area contributed by atoms with Gasteiger partial charge in [0.15, 0.2) is 0 Å². The van der Waals surface area contributed by atoms with Crippen LogP contribution >= 0.6 is 0 Å². The predicted octanol–water partition coefficient (Wildman–Crippen LogP) is 2.25. The molecule has 0 bridgehead atoms. The fraction of sp³-hybridized carbons (Fsp3) is 0.500. The summed E-state index contributed by atoms with van der Waals surface area (Å²) in [6.07, 6.45) is 0.995. The van der Waals surface area contributed by atoms with Gasteiger partial charge in [-0.1, -0.05) is 31.2 Å². The normalized spacial score (nSPS) is 13.7. The number of nitrogens with one attached hydrogen (secondary N) is 1. The van der Waals surface area contributed by atoms with Gasteiger partial charge in [0.25, 0.3) is 0 Å². The highest BCUT2D eigenvalue weighted by molar-refractivity contribution is 7.89. The molecule has 1 atom stereocenters. The Labute approximate surface area is 97.9 Å². The maximum absolute atomic E-state index is 11.4. The van der Waals surface area contributed by atoms with Gasteiger partial charge in [-0.15, -0.1) is 0 Å². The third-order valence-electron chi connectivity index (χ3n) is 2.62. The molecule has 0 spiro atoms. The molecule has 0 heterocycles. The standard InChI is InChI=1S/C12H19NO2S/c1-4-11-6-8-12(9-7-11)10(3)13-16(14,15)5-2/h6-10,13H,4-5H2,1-3H3/t10-/m1/s1. The first-order chi connectivity index (χ1) is 7.48. The SMILES string of the molecule is CCc1ccc([C@@H](C)NS(=O)(=O)CC)cc1. The number of rotatable bonds is 5. The summed E-state index contributed by atoms with van der Waals surface area (Å²) in [5, 5.41) is 0. The molecule has 0 fully saturated rings. The quantitative estimate of drug-likeness (QED) is 0.859. The molecule has 0 saturated carbocycles. The third kappa shape index (κ3) is 3.61. The van der Waals surface area contributed by atoms with E-state index < -0.39 is 10.0 Å². The van der Waals surface area contributed by atoms with Gasteiger partial charge in [-0.25, -0.2) is 13.1 Å². The second kappa shape index (κ2) is 5.46. The average molecular weight is 241 g/mol. The zero-order valence-corrected chi connectivity index (χ0v) is 10.8. The number of sulfonamides is 1. The van der Waals surface area contributed by atoms with Gasteiger partial charge in [-0.3, -0.25) is 0 Å². The van der Waals surface area contributed by atoms with Gasteiger partial charge in [-0.2, -0.15) is 0 Å². The Bertz CT molecular complexity index is 423. The smallest absolute Gasteiger partial charge is 0.211 e. The van der Waals surface area contributed by atoms with Crippen LogP contribution in [-0.2, 0) is 16.4 Å². The molecule has 0 amide bonds. The summed E-state index contributed by atoms with van der Waals surface area (Å²) in [7, 11) is -3.13. The zero-order valence-electron chi connectivity index (χ0n) is 10.0. The molecule has 0 unspecified atom stereocenters. The summed E-state index contributed by atoms with van der Waals surface area (Å²) >= 11 is 0. The Kier molecular flexibility index (Phi) is 4.50. The first kappa shape index (κ1) is 13.2. The van der Waals surface area contributed by atoms with Gasteiger partial charge < -0.3 is 0 Å². The van der Waals surface area contributed by atoms with Gasteiger partial charge in [0.1, 0.15) is 0 Å². The van der Waals surface area contributed by atoms with Gasteiger partial charge in [0.2, 0.25) is 10.0 Å². The Balaban J connectivity index is 2.77. The minimum atomic E-state index is -3.13. The van der Waals surface area contributed by atoms with Crippen molar-refractivity contribution in [3.8, 4) is 0 Å². The van der Waals surface area contributed by atoms with Crippen molar-refractivity contribution in [2.45, 2.75) is 33.2 Å². The van der Waals surface area contributed by atoms with Crippen molar-refractivity contribution < 1.29 is 8.42 Å². The molecular weight excluding hydrogens is 222 g/mol. The van der Waals surface area contributed by atoms with E-state index in [-0.39, 0.29) is 11.8 Å². The topological polar surface area (TPSA) is 46.2 Å². The highest BCUT2D eigenvalue weighted by Crippen LogP contribution is 2.14. The van der Waals surface area contributed by atoms with E-state index in [1.165, 1.54) is 5.56 Å². The summed E-state index contributed by atoms with van der Waals surface area (Å²) in [6, 6.07) is 7.84. The van der Waals surface area contributed by atoms with E-state index in [2.05, 4.69) is 11.6 Å².